The smallest absolute Gasteiger partial charge is 0.0483 e. The molecule has 0 aromatic heterocycles. The van der Waals surface area contributed by atoms with Gasteiger partial charge in [0.2, 0.25) is 0 Å². The van der Waals surface area contributed by atoms with Gasteiger partial charge in [0.25, 0.3) is 0 Å². The highest BCUT2D eigenvalue weighted by molar-refractivity contribution is 6.31. The Balaban J connectivity index is 2.10. The molecule has 1 aliphatic rings. The van der Waals surface area contributed by atoms with E-state index in [0.717, 1.165) is 49.5 Å². The molecule has 1 aromatic rings. The van der Waals surface area contributed by atoms with Gasteiger partial charge in [-0.2, -0.15) is 0 Å². The number of nitrogens with two attached hydrogens (primary N) is 1. The van der Waals surface area contributed by atoms with Crippen molar-refractivity contribution in [3.8, 4) is 0 Å². The summed E-state index contributed by atoms with van der Waals surface area (Å²) in [6.07, 6.45) is 3.81. The predicted octanol–water partition coefficient (Wildman–Crippen LogP) is 2.78. The van der Waals surface area contributed by atoms with Crippen LogP contribution in [-0.4, -0.2) is 18.8 Å². The molecule has 0 bridgehead atoms. The van der Waals surface area contributed by atoms with Crippen LogP contribution in [0, 0.1) is 0 Å². The Morgan fingerprint density at radius 2 is 2.06 bits per heavy atom. The maximum Gasteiger partial charge on any atom is 0.0483 e. The first kappa shape index (κ1) is 11.9. The first-order valence-corrected chi connectivity index (χ1v) is 6.17. The van der Waals surface area contributed by atoms with Gasteiger partial charge in [-0.1, -0.05) is 29.8 Å². The number of ether oxygens (including phenoxy) is 1. The summed E-state index contributed by atoms with van der Waals surface area (Å²) in [6, 6.07) is 7.94. The molecule has 1 unspecified atom stereocenters. The Bertz CT molecular complexity index is 346. The van der Waals surface area contributed by atoms with Gasteiger partial charge in [-0.05, 0) is 37.3 Å². The first-order valence-electron chi connectivity index (χ1n) is 5.80. The summed E-state index contributed by atoms with van der Waals surface area (Å²) in [5.74, 6) is 0. The minimum atomic E-state index is -0.151. The molecule has 1 aliphatic heterocycles. The molecule has 1 aromatic carbocycles. The SMILES string of the molecule is NC1(Cc2ccccc2Cl)CCCOCC1. The van der Waals surface area contributed by atoms with Gasteiger partial charge in [0, 0.05) is 23.8 Å². The van der Waals surface area contributed by atoms with E-state index in [9.17, 15) is 0 Å². The fourth-order valence-corrected chi connectivity index (χ4v) is 2.43. The summed E-state index contributed by atoms with van der Waals surface area (Å²) >= 11 is 6.16. The molecule has 1 heterocycles. The molecule has 3 heteroatoms. The second-order valence-electron chi connectivity index (χ2n) is 4.60. The fraction of sp³-hybridized carbons (Fsp3) is 0.538. The van der Waals surface area contributed by atoms with Gasteiger partial charge in [0.05, 0.1) is 0 Å². The third-order valence-corrected chi connectivity index (χ3v) is 3.58. The summed E-state index contributed by atoms with van der Waals surface area (Å²) in [5, 5.41) is 0.817. The first-order chi connectivity index (χ1) is 7.70. The van der Waals surface area contributed by atoms with Crippen LogP contribution >= 0.6 is 11.6 Å². The highest BCUT2D eigenvalue weighted by Crippen LogP contribution is 2.26. The van der Waals surface area contributed by atoms with Crippen LogP contribution in [0.3, 0.4) is 0 Å². The lowest BCUT2D eigenvalue weighted by atomic mass is 9.85. The number of halogens is 1. The van der Waals surface area contributed by atoms with Crippen molar-refractivity contribution in [3.63, 3.8) is 0 Å². The molecule has 16 heavy (non-hydrogen) atoms. The van der Waals surface area contributed by atoms with E-state index in [1.165, 1.54) is 0 Å². The molecule has 1 fully saturated rings. The number of hydrogen-bond acceptors (Lipinski definition) is 2. The van der Waals surface area contributed by atoms with Crippen LogP contribution < -0.4 is 5.73 Å². The normalized spacial score (nSPS) is 26.4. The van der Waals surface area contributed by atoms with Crippen LogP contribution in [0.25, 0.3) is 0 Å². The quantitative estimate of drug-likeness (QED) is 0.862. The van der Waals surface area contributed by atoms with Crippen LogP contribution in [0.1, 0.15) is 24.8 Å². The Morgan fingerprint density at radius 1 is 1.25 bits per heavy atom. The lowest BCUT2D eigenvalue weighted by Crippen LogP contribution is -2.42. The number of rotatable bonds is 2. The number of hydrogen-bond donors (Lipinski definition) is 1. The second-order valence-corrected chi connectivity index (χ2v) is 5.00. The second kappa shape index (κ2) is 5.17. The zero-order chi connectivity index (χ0) is 11.4. The maximum absolute atomic E-state index is 6.42. The molecule has 2 N–H and O–H groups in total. The van der Waals surface area contributed by atoms with Crippen molar-refractivity contribution in [3.05, 3.63) is 34.9 Å². The summed E-state index contributed by atoms with van der Waals surface area (Å²) < 4.78 is 5.44. The van der Waals surface area contributed by atoms with E-state index < -0.39 is 0 Å². The topological polar surface area (TPSA) is 35.2 Å². The third-order valence-electron chi connectivity index (χ3n) is 3.21. The van der Waals surface area contributed by atoms with E-state index in [1.807, 2.05) is 18.2 Å². The van der Waals surface area contributed by atoms with Gasteiger partial charge in [-0.3, -0.25) is 0 Å². The summed E-state index contributed by atoms with van der Waals surface area (Å²) in [6.45, 7) is 1.60. The molecule has 0 radical (unpaired) electrons. The van der Waals surface area contributed by atoms with Crippen LogP contribution in [0.15, 0.2) is 24.3 Å². The molecule has 0 amide bonds. The van der Waals surface area contributed by atoms with Gasteiger partial charge in [-0.25, -0.2) is 0 Å². The summed E-state index contributed by atoms with van der Waals surface area (Å²) in [5.41, 5.74) is 7.42. The van der Waals surface area contributed by atoms with Gasteiger partial charge in [0.15, 0.2) is 0 Å². The third kappa shape index (κ3) is 2.97. The van der Waals surface area contributed by atoms with E-state index in [4.69, 9.17) is 22.1 Å². The Kier molecular flexibility index (Phi) is 3.85. The van der Waals surface area contributed by atoms with Crippen LogP contribution in [0.2, 0.25) is 5.02 Å². The van der Waals surface area contributed by atoms with E-state index >= 15 is 0 Å². The molecular weight excluding hydrogens is 222 g/mol. The van der Waals surface area contributed by atoms with Crippen molar-refractivity contribution < 1.29 is 4.74 Å². The van der Waals surface area contributed by atoms with E-state index in [2.05, 4.69) is 6.07 Å². The van der Waals surface area contributed by atoms with Crippen molar-refractivity contribution in [1.82, 2.24) is 0 Å². The molecule has 2 rings (SSSR count). The lowest BCUT2D eigenvalue weighted by molar-refractivity contribution is 0.139. The maximum atomic E-state index is 6.42. The van der Waals surface area contributed by atoms with Crippen molar-refractivity contribution >= 4 is 11.6 Å². The molecule has 88 valence electrons. The largest absolute Gasteiger partial charge is 0.381 e. The molecule has 1 atom stereocenters. The van der Waals surface area contributed by atoms with Crippen LogP contribution in [0.4, 0.5) is 0 Å². The van der Waals surface area contributed by atoms with Gasteiger partial charge < -0.3 is 10.5 Å². The van der Waals surface area contributed by atoms with E-state index in [-0.39, 0.29) is 5.54 Å². The van der Waals surface area contributed by atoms with Crippen molar-refractivity contribution in [1.29, 1.82) is 0 Å². The molecular formula is C13H18ClNO. The Morgan fingerprint density at radius 3 is 2.88 bits per heavy atom. The van der Waals surface area contributed by atoms with Crippen molar-refractivity contribution in [2.45, 2.75) is 31.2 Å². The summed E-state index contributed by atoms with van der Waals surface area (Å²) in [4.78, 5) is 0. The fourth-order valence-electron chi connectivity index (χ4n) is 2.23. The van der Waals surface area contributed by atoms with Gasteiger partial charge in [0.1, 0.15) is 0 Å². The molecule has 0 saturated carbocycles. The lowest BCUT2D eigenvalue weighted by Gasteiger charge is -2.27. The van der Waals surface area contributed by atoms with Gasteiger partial charge in [-0.15, -0.1) is 0 Å². The van der Waals surface area contributed by atoms with Crippen molar-refractivity contribution in [2.75, 3.05) is 13.2 Å². The Labute approximate surface area is 102 Å². The highest BCUT2D eigenvalue weighted by Gasteiger charge is 2.27. The van der Waals surface area contributed by atoms with Crippen molar-refractivity contribution in [2.24, 2.45) is 5.73 Å². The Hall–Kier alpha value is -0.570. The predicted molar refractivity (Wildman–Crippen MR) is 66.7 cm³/mol. The standard InChI is InChI=1S/C13H18ClNO/c14-12-5-2-1-4-11(12)10-13(15)6-3-8-16-9-7-13/h1-2,4-5H,3,6-10,15H2. The summed E-state index contributed by atoms with van der Waals surface area (Å²) in [7, 11) is 0. The zero-order valence-electron chi connectivity index (χ0n) is 9.42. The highest BCUT2D eigenvalue weighted by atomic mass is 35.5. The molecule has 0 aliphatic carbocycles. The minimum absolute atomic E-state index is 0.151. The molecule has 0 spiro atoms. The van der Waals surface area contributed by atoms with E-state index in [0.29, 0.717) is 0 Å². The minimum Gasteiger partial charge on any atom is -0.381 e. The average Bonchev–Trinajstić information content (AvgIpc) is 2.47. The number of benzene rings is 1. The molecule has 1 saturated heterocycles. The van der Waals surface area contributed by atoms with Gasteiger partial charge >= 0.3 is 0 Å². The van der Waals surface area contributed by atoms with E-state index in [1.54, 1.807) is 0 Å². The molecule has 2 nitrogen and oxygen atoms in total. The average molecular weight is 240 g/mol. The monoisotopic (exact) mass is 239 g/mol. The van der Waals surface area contributed by atoms with Crippen LogP contribution in [-0.2, 0) is 11.2 Å². The zero-order valence-corrected chi connectivity index (χ0v) is 10.2. The van der Waals surface area contributed by atoms with Crippen LogP contribution in [0.5, 0.6) is 0 Å².